The zero-order chi connectivity index (χ0) is 16.3. The average molecular weight is 328 g/mol. The molecule has 0 aliphatic carbocycles. The predicted octanol–water partition coefficient (Wildman–Crippen LogP) is 4.04. The summed E-state index contributed by atoms with van der Waals surface area (Å²) < 4.78 is 2.15. The normalized spacial score (nSPS) is 11.8. The monoisotopic (exact) mass is 328 g/mol. The van der Waals surface area contributed by atoms with Crippen molar-refractivity contribution in [1.82, 2.24) is 0 Å². The van der Waals surface area contributed by atoms with Gasteiger partial charge in [-0.05, 0) is 27.0 Å². The Morgan fingerprint density at radius 1 is 0.625 bits per heavy atom. The molecule has 5 aromatic rings. The van der Waals surface area contributed by atoms with Crippen LogP contribution in [-0.4, -0.2) is 17.2 Å². The van der Waals surface area contributed by atoms with E-state index in [1.54, 1.807) is 17.4 Å². The Bertz CT molecular complexity index is 1240. The molecule has 1 heterocycles. The smallest absolute Gasteiger partial charge is 0.423 e. The van der Waals surface area contributed by atoms with Crippen molar-refractivity contribution in [3.05, 3.63) is 66.7 Å². The molecule has 24 heavy (non-hydrogen) atoms. The van der Waals surface area contributed by atoms with E-state index in [9.17, 15) is 10.0 Å². The molecule has 0 atom stereocenters. The number of benzene rings is 4. The number of fused-ring (bicyclic) bond motifs is 7. The van der Waals surface area contributed by atoms with Crippen LogP contribution in [0.3, 0.4) is 0 Å². The molecule has 1 aromatic heterocycles. The maximum atomic E-state index is 9.69. The van der Waals surface area contributed by atoms with Crippen LogP contribution < -0.4 is 5.46 Å². The van der Waals surface area contributed by atoms with Crippen LogP contribution in [0.4, 0.5) is 0 Å². The Morgan fingerprint density at radius 3 is 2.21 bits per heavy atom. The largest absolute Gasteiger partial charge is 0.489 e. The van der Waals surface area contributed by atoms with Gasteiger partial charge in [-0.2, -0.15) is 0 Å². The van der Waals surface area contributed by atoms with Gasteiger partial charge < -0.3 is 10.0 Å². The quantitative estimate of drug-likeness (QED) is 0.360. The van der Waals surface area contributed by atoms with Crippen molar-refractivity contribution in [3.8, 4) is 0 Å². The highest BCUT2D eigenvalue weighted by atomic mass is 32.1. The van der Waals surface area contributed by atoms with Crippen LogP contribution in [-0.2, 0) is 0 Å². The van der Waals surface area contributed by atoms with Crippen molar-refractivity contribution in [2.24, 2.45) is 0 Å². The van der Waals surface area contributed by atoms with Gasteiger partial charge in [-0.15, -0.1) is 11.3 Å². The molecule has 0 fully saturated rings. The fourth-order valence-corrected chi connectivity index (χ4v) is 4.97. The first kappa shape index (κ1) is 14.0. The van der Waals surface area contributed by atoms with E-state index in [-0.39, 0.29) is 0 Å². The molecule has 0 aliphatic heterocycles. The summed E-state index contributed by atoms with van der Waals surface area (Å²) in [7, 11) is -1.45. The highest BCUT2D eigenvalue weighted by Gasteiger charge is 2.18. The lowest BCUT2D eigenvalue weighted by atomic mass is 9.80. The minimum absolute atomic E-state index is 0.571. The van der Waals surface area contributed by atoms with Crippen LogP contribution in [0.25, 0.3) is 41.7 Å². The summed E-state index contributed by atoms with van der Waals surface area (Å²) in [4.78, 5) is 0. The van der Waals surface area contributed by atoms with Crippen LogP contribution >= 0.6 is 11.3 Å². The second-order valence-electron chi connectivity index (χ2n) is 6.03. The molecular formula is C20H13BO2S. The summed E-state index contributed by atoms with van der Waals surface area (Å²) in [6, 6.07) is 22.7. The molecule has 0 unspecified atom stereocenters. The molecule has 0 saturated heterocycles. The lowest BCUT2D eigenvalue weighted by Gasteiger charge is -2.05. The van der Waals surface area contributed by atoms with Crippen molar-refractivity contribution in [2.45, 2.75) is 0 Å². The third-order valence-electron chi connectivity index (χ3n) is 4.68. The first-order valence-electron chi connectivity index (χ1n) is 7.86. The van der Waals surface area contributed by atoms with E-state index in [1.807, 2.05) is 6.07 Å². The Labute approximate surface area is 142 Å². The molecule has 0 aliphatic rings. The minimum Gasteiger partial charge on any atom is -0.423 e. The van der Waals surface area contributed by atoms with Gasteiger partial charge in [0.15, 0.2) is 0 Å². The Balaban J connectivity index is 2.06. The van der Waals surface area contributed by atoms with Gasteiger partial charge in [0.1, 0.15) is 0 Å². The molecule has 0 bridgehead atoms. The molecule has 4 heteroatoms. The van der Waals surface area contributed by atoms with Crippen LogP contribution in [0.15, 0.2) is 66.7 Å². The standard InChI is InChI=1S/C20H13BO2S/c22-21(23)17-7-3-6-15-16-11-10-13-9-8-12-4-1-2-5-14(12)18(13)20(16)24-19(15)17/h1-11,22-23H. The van der Waals surface area contributed by atoms with Gasteiger partial charge in [-0.1, -0.05) is 66.7 Å². The SMILES string of the molecule is OB(O)c1cccc2c1sc1c2ccc2ccc3ccccc3c21. The summed E-state index contributed by atoms with van der Waals surface area (Å²) >= 11 is 1.64. The van der Waals surface area contributed by atoms with Crippen LogP contribution in [0, 0.1) is 0 Å². The van der Waals surface area contributed by atoms with Gasteiger partial charge in [0, 0.05) is 20.2 Å². The number of rotatable bonds is 1. The summed E-state index contributed by atoms with van der Waals surface area (Å²) in [6.45, 7) is 0. The first-order chi connectivity index (χ1) is 11.7. The number of hydrogen-bond donors (Lipinski definition) is 2. The van der Waals surface area contributed by atoms with Crippen molar-refractivity contribution in [2.75, 3.05) is 0 Å². The molecule has 0 spiro atoms. The molecule has 2 N–H and O–H groups in total. The number of thiophene rings is 1. The number of hydrogen-bond acceptors (Lipinski definition) is 3. The van der Waals surface area contributed by atoms with E-state index in [0.717, 1.165) is 10.1 Å². The van der Waals surface area contributed by atoms with Crippen molar-refractivity contribution < 1.29 is 10.0 Å². The van der Waals surface area contributed by atoms with Crippen LogP contribution in [0.5, 0.6) is 0 Å². The summed E-state index contributed by atoms with van der Waals surface area (Å²) in [5, 5.41) is 26.5. The lowest BCUT2D eigenvalue weighted by molar-refractivity contribution is 0.426. The van der Waals surface area contributed by atoms with Gasteiger partial charge in [0.25, 0.3) is 0 Å². The second-order valence-corrected chi connectivity index (χ2v) is 7.05. The van der Waals surface area contributed by atoms with Gasteiger partial charge in [-0.3, -0.25) is 0 Å². The van der Waals surface area contributed by atoms with Crippen molar-refractivity contribution in [3.63, 3.8) is 0 Å². The summed E-state index contributed by atoms with van der Waals surface area (Å²) in [6.07, 6.45) is 0. The maximum Gasteiger partial charge on any atom is 0.489 e. The molecule has 4 aromatic carbocycles. The van der Waals surface area contributed by atoms with Gasteiger partial charge in [0.05, 0.1) is 0 Å². The highest BCUT2D eigenvalue weighted by Crippen LogP contribution is 2.40. The molecular weight excluding hydrogens is 315 g/mol. The minimum atomic E-state index is -1.45. The zero-order valence-electron chi connectivity index (χ0n) is 12.7. The van der Waals surface area contributed by atoms with Gasteiger partial charge >= 0.3 is 7.12 Å². The Hall–Kier alpha value is -2.40. The van der Waals surface area contributed by atoms with Crippen molar-refractivity contribution in [1.29, 1.82) is 0 Å². The van der Waals surface area contributed by atoms with Gasteiger partial charge in [-0.25, -0.2) is 0 Å². The molecule has 5 rings (SSSR count). The molecule has 0 saturated carbocycles. The van der Waals surface area contributed by atoms with Crippen molar-refractivity contribution >= 4 is 65.6 Å². The Morgan fingerprint density at radius 2 is 1.33 bits per heavy atom. The van der Waals surface area contributed by atoms with Crippen LogP contribution in [0.2, 0.25) is 0 Å². The second kappa shape index (κ2) is 5.05. The third kappa shape index (κ3) is 1.85. The van der Waals surface area contributed by atoms with E-state index in [2.05, 4.69) is 54.6 Å². The molecule has 0 amide bonds. The first-order valence-corrected chi connectivity index (χ1v) is 8.67. The summed E-state index contributed by atoms with van der Waals surface area (Å²) in [5.74, 6) is 0. The van der Waals surface area contributed by atoms with E-state index in [1.165, 1.54) is 31.6 Å². The third-order valence-corrected chi connectivity index (χ3v) is 5.97. The van der Waals surface area contributed by atoms with E-state index < -0.39 is 7.12 Å². The maximum absolute atomic E-state index is 9.69. The lowest BCUT2D eigenvalue weighted by Crippen LogP contribution is -2.29. The molecule has 2 nitrogen and oxygen atoms in total. The topological polar surface area (TPSA) is 40.5 Å². The predicted molar refractivity (Wildman–Crippen MR) is 104 cm³/mol. The molecule has 0 radical (unpaired) electrons. The Kier molecular flexibility index (Phi) is 2.94. The van der Waals surface area contributed by atoms with Crippen LogP contribution in [0.1, 0.15) is 0 Å². The van der Waals surface area contributed by atoms with E-state index in [4.69, 9.17) is 0 Å². The summed E-state index contributed by atoms with van der Waals surface area (Å²) in [5.41, 5.74) is 0.571. The van der Waals surface area contributed by atoms with E-state index in [0.29, 0.717) is 5.46 Å². The average Bonchev–Trinajstić information content (AvgIpc) is 2.99. The zero-order valence-corrected chi connectivity index (χ0v) is 13.5. The fourth-order valence-electron chi connectivity index (χ4n) is 3.57. The van der Waals surface area contributed by atoms with Gasteiger partial charge in [0.2, 0.25) is 0 Å². The fraction of sp³-hybridized carbons (Fsp3) is 0. The molecule has 114 valence electrons. The van der Waals surface area contributed by atoms with E-state index >= 15 is 0 Å². The highest BCUT2D eigenvalue weighted by molar-refractivity contribution is 7.28.